The molecule has 0 saturated carbocycles. The van der Waals surface area contributed by atoms with Crippen molar-refractivity contribution in [2.45, 2.75) is 6.04 Å². The molecule has 68 valence electrons. The molecular formula is C9H10FN3. The van der Waals surface area contributed by atoms with E-state index in [0.717, 1.165) is 0 Å². The fraction of sp³-hybridized carbons (Fsp3) is 0.222. The maximum atomic E-state index is 13.0. The quantitative estimate of drug-likeness (QED) is 0.700. The van der Waals surface area contributed by atoms with Crippen LogP contribution >= 0.6 is 0 Å². The van der Waals surface area contributed by atoms with Crippen LogP contribution in [0.1, 0.15) is 17.2 Å². The van der Waals surface area contributed by atoms with Gasteiger partial charge >= 0.3 is 0 Å². The Morgan fingerprint density at radius 3 is 2.69 bits per heavy atom. The molecule has 0 amide bonds. The summed E-state index contributed by atoms with van der Waals surface area (Å²) in [4.78, 5) is 0. The van der Waals surface area contributed by atoms with Gasteiger partial charge in [0.25, 0.3) is 0 Å². The molecule has 1 rings (SSSR count). The first-order valence-corrected chi connectivity index (χ1v) is 3.84. The van der Waals surface area contributed by atoms with Crippen molar-refractivity contribution in [3.05, 3.63) is 35.1 Å². The summed E-state index contributed by atoms with van der Waals surface area (Å²) in [7, 11) is 0. The monoisotopic (exact) mass is 179 g/mol. The van der Waals surface area contributed by atoms with Crippen molar-refractivity contribution in [1.29, 1.82) is 5.26 Å². The highest BCUT2D eigenvalue weighted by atomic mass is 19.1. The Hall–Kier alpha value is -1.44. The molecule has 0 aliphatic rings. The van der Waals surface area contributed by atoms with Gasteiger partial charge in [0.05, 0.1) is 5.56 Å². The number of rotatable bonds is 2. The molecule has 4 heteroatoms. The predicted octanol–water partition coefficient (Wildman–Crippen LogP) is 0.656. The van der Waals surface area contributed by atoms with Crippen molar-refractivity contribution >= 4 is 0 Å². The maximum Gasteiger partial charge on any atom is 0.141 e. The van der Waals surface area contributed by atoms with Crippen LogP contribution in [0.4, 0.5) is 4.39 Å². The second-order valence-corrected chi connectivity index (χ2v) is 2.69. The Bertz CT molecular complexity index is 343. The SMILES string of the molecule is N#Cc1ccc([C@@H](N)CN)cc1F. The lowest BCUT2D eigenvalue weighted by atomic mass is 10.1. The molecule has 3 nitrogen and oxygen atoms in total. The van der Waals surface area contributed by atoms with E-state index in [-0.39, 0.29) is 18.2 Å². The minimum absolute atomic E-state index is 0.0213. The van der Waals surface area contributed by atoms with Gasteiger partial charge in [-0.3, -0.25) is 0 Å². The molecule has 4 N–H and O–H groups in total. The zero-order valence-corrected chi connectivity index (χ0v) is 7.00. The molecule has 1 aromatic carbocycles. The second-order valence-electron chi connectivity index (χ2n) is 2.69. The van der Waals surface area contributed by atoms with Crippen molar-refractivity contribution in [3.63, 3.8) is 0 Å². The van der Waals surface area contributed by atoms with E-state index >= 15 is 0 Å². The number of nitriles is 1. The molecule has 0 heterocycles. The van der Waals surface area contributed by atoms with E-state index < -0.39 is 5.82 Å². The molecule has 1 atom stereocenters. The first-order chi connectivity index (χ1) is 6.19. The van der Waals surface area contributed by atoms with Gasteiger partial charge in [0.2, 0.25) is 0 Å². The van der Waals surface area contributed by atoms with Gasteiger partial charge in [0.1, 0.15) is 11.9 Å². The average Bonchev–Trinajstić information content (AvgIpc) is 2.16. The Morgan fingerprint density at radius 1 is 1.54 bits per heavy atom. The molecule has 0 aromatic heterocycles. The van der Waals surface area contributed by atoms with E-state index in [1.807, 2.05) is 0 Å². The van der Waals surface area contributed by atoms with Crippen LogP contribution < -0.4 is 11.5 Å². The van der Waals surface area contributed by atoms with Gasteiger partial charge in [-0.05, 0) is 17.7 Å². The molecule has 1 aromatic rings. The molecule has 13 heavy (non-hydrogen) atoms. The molecule has 0 unspecified atom stereocenters. The fourth-order valence-electron chi connectivity index (χ4n) is 0.989. The number of nitrogens with zero attached hydrogens (tertiary/aromatic N) is 1. The smallest absolute Gasteiger partial charge is 0.141 e. The van der Waals surface area contributed by atoms with E-state index in [1.165, 1.54) is 12.1 Å². The van der Waals surface area contributed by atoms with E-state index in [4.69, 9.17) is 16.7 Å². The van der Waals surface area contributed by atoms with Crippen LogP contribution in [0.25, 0.3) is 0 Å². The predicted molar refractivity (Wildman–Crippen MR) is 47.1 cm³/mol. The molecule has 0 spiro atoms. The summed E-state index contributed by atoms with van der Waals surface area (Å²) in [5, 5.41) is 8.46. The minimum atomic E-state index is -0.552. The molecule has 0 fully saturated rings. The zero-order chi connectivity index (χ0) is 9.84. The fourth-order valence-corrected chi connectivity index (χ4v) is 0.989. The molecular weight excluding hydrogens is 169 g/mol. The van der Waals surface area contributed by atoms with Crippen molar-refractivity contribution in [2.75, 3.05) is 6.54 Å². The van der Waals surface area contributed by atoms with Crippen LogP contribution in [0.5, 0.6) is 0 Å². The summed E-state index contributed by atoms with van der Waals surface area (Å²) in [6.45, 7) is 0.255. The number of halogens is 1. The lowest BCUT2D eigenvalue weighted by molar-refractivity contribution is 0.616. The third-order valence-corrected chi connectivity index (χ3v) is 1.80. The van der Waals surface area contributed by atoms with Crippen molar-refractivity contribution in [1.82, 2.24) is 0 Å². The van der Waals surface area contributed by atoms with Crippen molar-refractivity contribution < 1.29 is 4.39 Å². The number of hydrogen-bond donors (Lipinski definition) is 2. The maximum absolute atomic E-state index is 13.0. The van der Waals surface area contributed by atoms with E-state index in [9.17, 15) is 4.39 Å². The van der Waals surface area contributed by atoms with Gasteiger partial charge in [-0.25, -0.2) is 4.39 Å². The zero-order valence-electron chi connectivity index (χ0n) is 7.00. The molecule has 0 aliphatic heterocycles. The Balaban J connectivity index is 3.04. The third kappa shape index (κ3) is 2.02. The van der Waals surface area contributed by atoms with Crippen LogP contribution in [0.15, 0.2) is 18.2 Å². The van der Waals surface area contributed by atoms with Crippen LogP contribution in [-0.2, 0) is 0 Å². The van der Waals surface area contributed by atoms with Crippen LogP contribution in [0.3, 0.4) is 0 Å². The topological polar surface area (TPSA) is 75.8 Å². The largest absolute Gasteiger partial charge is 0.329 e. The van der Waals surface area contributed by atoms with Gasteiger partial charge < -0.3 is 11.5 Å². The first kappa shape index (κ1) is 9.65. The van der Waals surface area contributed by atoms with Gasteiger partial charge in [0.15, 0.2) is 0 Å². The lowest BCUT2D eigenvalue weighted by Crippen LogP contribution is -2.20. The highest BCUT2D eigenvalue weighted by molar-refractivity contribution is 5.34. The van der Waals surface area contributed by atoms with Crippen molar-refractivity contribution in [3.8, 4) is 6.07 Å². The molecule has 0 radical (unpaired) electrons. The Morgan fingerprint density at radius 2 is 2.23 bits per heavy atom. The summed E-state index contributed by atoms with van der Waals surface area (Å²) < 4.78 is 13.0. The Labute approximate surface area is 75.8 Å². The van der Waals surface area contributed by atoms with Crippen LogP contribution in [-0.4, -0.2) is 6.54 Å². The molecule has 0 saturated heterocycles. The Kier molecular flexibility index (Phi) is 2.96. The molecule has 0 aliphatic carbocycles. The number of hydrogen-bond acceptors (Lipinski definition) is 3. The third-order valence-electron chi connectivity index (χ3n) is 1.80. The lowest BCUT2D eigenvalue weighted by Gasteiger charge is -2.08. The normalized spacial score (nSPS) is 12.2. The highest BCUT2D eigenvalue weighted by Gasteiger charge is 2.07. The minimum Gasteiger partial charge on any atom is -0.329 e. The molecule has 0 bridgehead atoms. The summed E-state index contributed by atoms with van der Waals surface area (Å²) in [5.41, 5.74) is 11.5. The highest BCUT2D eigenvalue weighted by Crippen LogP contribution is 2.13. The summed E-state index contributed by atoms with van der Waals surface area (Å²) >= 11 is 0. The number of benzene rings is 1. The van der Waals surface area contributed by atoms with Crippen molar-refractivity contribution in [2.24, 2.45) is 11.5 Å². The summed E-state index contributed by atoms with van der Waals surface area (Å²) in [5.74, 6) is -0.552. The standard InChI is InChI=1S/C9H10FN3/c10-8-3-6(9(13)5-12)1-2-7(8)4-11/h1-3,9H,5,12-13H2/t9-/m0/s1. The van der Waals surface area contributed by atoms with Gasteiger partial charge in [-0.2, -0.15) is 5.26 Å². The number of nitrogens with two attached hydrogens (primary N) is 2. The van der Waals surface area contributed by atoms with E-state index in [2.05, 4.69) is 0 Å². The van der Waals surface area contributed by atoms with Crippen LogP contribution in [0.2, 0.25) is 0 Å². The van der Waals surface area contributed by atoms with Gasteiger partial charge in [0, 0.05) is 12.6 Å². The second kappa shape index (κ2) is 3.99. The van der Waals surface area contributed by atoms with Crippen LogP contribution in [0, 0.1) is 17.1 Å². The van der Waals surface area contributed by atoms with Gasteiger partial charge in [-0.1, -0.05) is 6.07 Å². The van der Waals surface area contributed by atoms with Gasteiger partial charge in [-0.15, -0.1) is 0 Å². The first-order valence-electron chi connectivity index (χ1n) is 3.84. The summed E-state index contributed by atoms with van der Waals surface area (Å²) in [6.07, 6.45) is 0. The average molecular weight is 179 g/mol. The summed E-state index contributed by atoms with van der Waals surface area (Å²) in [6, 6.07) is 5.62. The van der Waals surface area contributed by atoms with E-state index in [0.29, 0.717) is 5.56 Å². The van der Waals surface area contributed by atoms with E-state index in [1.54, 1.807) is 12.1 Å².